The molecule has 7 nitrogen and oxygen atoms in total. The van der Waals surface area contributed by atoms with Crippen LogP contribution in [0, 0.1) is 5.82 Å². The molecule has 8 heteroatoms. The molecule has 0 radical (unpaired) electrons. The number of carbonyl (C=O) groups is 1. The molecule has 3 aromatic rings. The Bertz CT molecular complexity index is 1010. The Morgan fingerprint density at radius 2 is 2.00 bits per heavy atom. The van der Waals surface area contributed by atoms with E-state index < -0.39 is 0 Å². The van der Waals surface area contributed by atoms with E-state index in [1.807, 2.05) is 24.3 Å². The van der Waals surface area contributed by atoms with Crippen LogP contribution in [0.4, 0.5) is 4.39 Å². The van der Waals surface area contributed by atoms with E-state index in [1.165, 1.54) is 12.1 Å². The average molecular weight is 424 g/mol. The fourth-order valence-corrected chi connectivity index (χ4v) is 3.69. The maximum absolute atomic E-state index is 13.4. The summed E-state index contributed by atoms with van der Waals surface area (Å²) in [6.07, 6.45) is 1.66. The van der Waals surface area contributed by atoms with Crippen molar-refractivity contribution in [1.82, 2.24) is 20.4 Å². The predicted octanol–water partition coefficient (Wildman–Crippen LogP) is 3.38. The summed E-state index contributed by atoms with van der Waals surface area (Å²) >= 11 is 0. The Kier molecular flexibility index (Phi) is 6.57. The minimum atomic E-state index is -0.331. The van der Waals surface area contributed by atoms with Gasteiger partial charge in [-0.3, -0.25) is 9.69 Å². The minimum absolute atomic E-state index is 0.000416. The molecule has 0 unspecified atom stereocenters. The molecule has 162 valence electrons. The van der Waals surface area contributed by atoms with Gasteiger partial charge in [0.2, 0.25) is 17.6 Å². The summed E-state index contributed by atoms with van der Waals surface area (Å²) in [5.74, 6) is 1.58. The largest absolute Gasteiger partial charge is 0.497 e. The van der Waals surface area contributed by atoms with Gasteiger partial charge in [0.25, 0.3) is 0 Å². The Labute approximate surface area is 180 Å². The Morgan fingerprint density at radius 1 is 1.23 bits per heavy atom. The van der Waals surface area contributed by atoms with E-state index in [2.05, 4.69) is 20.4 Å². The monoisotopic (exact) mass is 424 g/mol. The van der Waals surface area contributed by atoms with Gasteiger partial charge >= 0.3 is 0 Å². The first-order valence-corrected chi connectivity index (χ1v) is 10.3. The van der Waals surface area contributed by atoms with Crippen molar-refractivity contribution in [3.63, 3.8) is 0 Å². The molecule has 31 heavy (non-hydrogen) atoms. The number of rotatable bonds is 7. The summed E-state index contributed by atoms with van der Waals surface area (Å²) < 4.78 is 24.0. The second-order valence-electron chi connectivity index (χ2n) is 7.64. The number of likely N-dealkylation sites (tertiary alicyclic amines) is 1. The number of halogens is 1. The van der Waals surface area contributed by atoms with Gasteiger partial charge in [-0.25, -0.2) is 4.39 Å². The predicted molar refractivity (Wildman–Crippen MR) is 113 cm³/mol. The number of ether oxygens (including phenoxy) is 1. The van der Waals surface area contributed by atoms with Gasteiger partial charge in [0.05, 0.1) is 13.7 Å². The van der Waals surface area contributed by atoms with E-state index in [9.17, 15) is 9.18 Å². The van der Waals surface area contributed by atoms with E-state index in [0.29, 0.717) is 30.4 Å². The number of hydrogen-bond acceptors (Lipinski definition) is 6. The van der Waals surface area contributed by atoms with E-state index in [4.69, 9.17) is 9.26 Å². The molecule has 1 aromatic heterocycles. The lowest BCUT2D eigenvalue weighted by Gasteiger charge is -2.29. The van der Waals surface area contributed by atoms with Crippen LogP contribution in [0.15, 0.2) is 53.1 Å². The number of methoxy groups -OCH3 is 1. The zero-order chi connectivity index (χ0) is 21.6. The highest BCUT2D eigenvalue weighted by molar-refractivity contribution is 5.78. The SMILES string of the molecule is COc1ccc(CNC(=O)CN2CCC(c3nc(-c4cccc(F)c4)no3)CC2)cc1. The standard InChI is InChI=1S/C23H25FN4O3/c1-30-20-7-5-16(6-8-20)14-25-21(29)15-28-11-9-17(10-12-28)23-26-22(27-31-23)18-3-2-4-19(24)13-18/h2-8,13,17H,9-12,14-15H2,1H3,(H,25,29). The molecule has 0 atom stereocenters. The van der Waals surface area contributed by atoms with Gasteiger partial charge < -0.3 is 14.6 Å². The summed E-state index contributed by atoms with van der Waals surface area (Å²) in [7, 11) is 1.63. The van der Waals surface area contributed by atoms with Crippen molar-refractivity contribution >= 4 is 5.91 Å². The van der Waals surface area contributed by atoms with Gasteiger partial charge in [-0.2, -0.15) is 4.98 Å². The molecule has 0 spiro atoms. The molecular weight excluding hydrogens is 399 g/mol. The van der Waals surface area contributed by atoms with Crippen LogP contribution < -0.4 is 10.1 Å². The maximum Gasteiger partial charge on any atom is 0.234 e. The third-order valence-electron chi connectivity index (χ3n) is 5.48. The van der Waals surface area contributed by atoms with Gasteiger partial charge in [0.15, 0.2) is 0 Å². The quantitative estimate of drug-likeness (QED) is 0.626. The van der Waals surface area contributed by atoms with Crippen LogP contribution in [0.5, 0.6) is 5.75 Å². The molecule has 2 heterocycles. The first kappa shape index (κ1) is 21.0. The number of hydrogen-bond donors (Lipinski definition) is 1. The molecule has 0 aliphatic carbocycles. The fourth-order valence-electron chi connectivity index (χ4n) is 3.69. The molecule has 1 fully saturated rings. The first-order chi connectivity index (χ1) is 15.1. The molecule has 1 saturated heterocycles. The van der Waals surface area contributed by atoms with E-state index in [0.717, 1.165) is 37.2 Å². The van der Waals surface area contributed by atoms with E-state index in [-0.39, 0.29) is 17.6 Å². The number of aromatic nitrogens is 2. The molecule has 1 aliphatic heterocycles. The maximum atomic E-state index is 13.4. The Hall–Kier alpha value is -3.26. The van der Waals surface area contributed by atoms with E-state index >= 15 is 0 Å². The lowest BCUT2D eigenvalue weighted by molar-refractivity contribution is -0.122. The topological polar surface area (TPSA) is 80.5 Å². The highest BCUT2D eigenvalue weighted by Gasteiger charge is 2.26. The van der Waals surface area contributed by atoms with Crippen LogP contribution in [-0.2, 0) is 11.3 Å². The van der Waals surface area contributed by atoms with Crippen molar-refractivity contribution in [2.24, 2.45) is 0 Å². The number of piperidine rings is 1. The summed E-state index contributed by atoms with van der Waals surface area (Å²) in [5, 5.41) is 6.96. The highest BCUT2D eigenvalue weighted by Crippen LogP contribution is 2.28. The van der Waals surface area contributed by atoms with Crippen molar-refractivity contribution in [2.45, 2.75) is 25.3 Å². The molecule has 2 aromatic carbocycles. The van der Waals surface area contributed by atoms with Crippen LogP contribution >= 0.6 is 0 Å². The average Bonchev–Trinajstić information content (AvgIpc) is 3.29. The third-order valence-corrected chi connectivity index (χ3v) is 5.48. The molecule has 1 N–H and O–H groups in total. The Balaban J connectivity index is 1.23. The second kappa shape index (κ2) is 9.70. The van der Waals surface area contributed by atoms with Gasteiger partial charge in [-0.15, -0.1) is 0 Å². The first-order valence-electron chi connectivity index (χ1n) is 10.3. The van der Waals surface area contributed by atoms with Crippen molar-refractivity contribution in [1.29, 1.82) is 0 Å². The lowest BCUT2D eigenvalue weighted by Crippen LogP contribution is -2.41. The lowest BCUT2D eigenvalue weighted by atomic mass is 9.97. The van der Waals surface area contributed by atoms with Crippen LogP contribution in [-0.4, -0.2) is 47.7 Å². The summed E-state index contributed by atoms with van der Waals surface area (Å²) in [6, 6.07) is 13.8. The zero-order valence-corrected chi connectivity index (χ0v) is 17.4. The normalized spacial score (nSPS) is 15.0. The highest BCUT2D eigenvalue weighted by atomic mass is 19.1. The summed E-state index contributed by atoms with van der Waals surface area (Å²) in [6.45, 7) is 2.40. The number of carbonyl (C=O) groups excluding carboxylic acids is 1. The molecule has 0 bridgehead atoms. The molecule has 1 aliphatic rings. The van der Waals surface area contributed by atoms with Crippen LogP contribution in [0.25, 0.3) is 11.4 Å². The van der Waals surface area contributed by atoms with Gasteiger partial charge in [-0.1, -0.05) is 29.4 Å². The second-order valence-corrected chi connectivity index (χ2v) is 7.64. The molecule has 4 rings (SSSR count). The van der Waals surface area contributed by atoms with Gasteiger partial charge in [0.1, 0.15) is 11.6 Å². The van der Waals surface area contributed by atoms with E-state index in [1.54, 1.807) is 19.2 Å². The minimum Gasteiger partial charge on any atom is -0.497 e. The van der Waals surface area contributed by atoms with Gasteiger partial charge in [0, 0.05) is 18.0 Å². The van der Waals surface area contributed by atoms with Crippen LogP contribution in [0.2, 0.25) is 0 Å². The Morgan fingerprint density at radius 3 is 2.71 bits per heavy atom. The summed E-state index contributed by atoms with van der Waals surface area (Å²) in [5.41, 5.74) is 1.62. The zero-order valence-electron chi connectivity index (χ0n) is 17.4. The molecular formula is C23H25FN4O3. The number of nitrogens with zero attached hydrogens (tertiary/aromatic N) is 3. The third kappa shape index (κ3) is 5.46. The smallest absolute Gasteiger partial charge is 0.234 e. The van der Waals surface area contributed by atoms with Crippen LogP contribution in [0.1, 0.15) is 30.2 Å². The van der Waals surface area contributed by atoms with Crippen molar-refractivity contribution in [3.05, 3.63) is 65.8 Å². The fraction of sp³-hybridized carbons (Fsp3) is 0.348. The summed E-state index contributed by atoms with van der Waals surface area (Å²) in [4.78, 5) is 18.9. The number of amides is 1. The molecule has 1 amide bonds. The van der Waals surface area contributed by atoms with Crippen molar-refractivity contribution < 1.29 is 18.4 Å². The molecule has 0 saturated carbocycles. The van der Waals surface area contributed by atoms with Crippen molar-refractivity contribution in [2.75, 3.05) is 26.7 Å². The van der Waals surface area contributed by atoms with Crippen LogP contribution in [0.3, 0.4) is 0 Å². The number of benzene rings is 2. The van der Waals surface area contributed by atoms with Gasteiger partial charge in [-0.05, 0) is 55.8 Å². The number of nitrogens with one attached hydrogen (secondary N) is 1. The van der Waals surface area contributed by atoms with Crippen molar-refractivity contribution in [3.8, 4) is 17.1 Å².